The van der Waals surface area contributed by atoms with Crippen molar-refractivity contribution in [3.05, 3.63) is 0 Å². The number of piperidine rings is 3. The van der Waals surface area contributed by atoms with Gasteiger partial charge in [-0.05, 0) is 196 Å². The van der Waals surface area contributed by atoms with Gasteiger partial charge in [-0.25, -0.2) is 13.2 Å². The van der Waals surface area contributed by atoms with Crippen LogP contribution in [0.2, 0.25) is 0 Å². The minimum Gasteiger partial charge on any atom is -0.465 e. The number of esters is 1. The second kappa shape index (κ2) is 35.9. The Balaban J connectivity index is 0.000000264. The van der Waals surface area contributed by atoms with Crippen LogP contribution in [0.25, 0.3) is 0 Å². The molecule has 0 radical (unpaired) electrons. The van der Waals surface area contributed by atoms with Gasteiger partial charge in [0.05, 0.1) is 12.7 Å². The zero-order valence-electron chi connectivity index (χ0n) is 43.5. The molecule has 5 aliphatic carbocycles. The molecule has 4 saturated heterocycles. The number of hydrogen-bond acceptors (Lipinski definition) is 11. The minimum atomic E-state index is -2.47. The fraction of sp³-hybridized carbons (Fsp3) is 0.981. The lowest BCUT2D eigenvalue weighted by atomic mass is 9.83. The summed E-state index contributed by atoms with van der Waals surface area (Å²) in [5.41, 5.74) is 27.8. The van der Waals surface area contributed by atoms with E-state index in [0.717, 1.165) is 100 Å². The first-order chi connectivity index (χ1) is 31.8. The van der Waals surface area contributed by atoms with E-state index < -0.39 is 12.1 Å². The third kappa shape index (κ3) is 31.8. The summed E-state index contributed by atoms with van der Waals surface area (Å²) in [7, 11) is 0. The van der Waals surface area contributed by atoms with Crippen LogP contribution in [0.1, 0.15) is 195 Å². The zero-order chi connectivity index (χ0) is 49.6. The van der Waals surface area contributed by atoms with Crippen molar-refractivity contribution >= 4 is 5.97 Å². The second-order valence-electron chi connectivity index (χ2n) is 22.7. The van der Waals surface area contributed by atoms with Crippen molar-refractivity contribution in [2.75, 3.05) is 45.9 Å². The molecule has 5 saturated carbocycles. The van der Waals surface area contributed by atoms with Gasteiger partial charge >= 0.3 is 5.97 Å². The van der Waals surface area contributed by atoms with Crippen molar-refractivity contribution in [1.29, 1.82) is 0 Å². The van der Waals surface area contributed by atoms with Crippen LogP contribution in [0.4, 0.5) is 13.2 Å². The summed E-state index contributed by atoms with van der Waals surface area (Å²) in [6.07, 6.45) is 24.2. The van der Waals surface area contributed by atoms with Gasteiger partial charge in [-0.2, -0.15) is 0 Å². The average molecular weight is 961 g/mol. The van der Waals surface area contributed by atoms with Gasteiger partial charge in [0.15, 0.2) is 0 Å². The number of aliphatic hydroxyl groups excluding tert-OH is 1. The molecule has 11 nitrogen and oxygen atoms in total. The molecular formula is C53H107F3N8O3. The topological polar surface area (TPSA) is 213 Å². The molecule has 9 fully saturated rings. The Morgan fingerprint density at radius 3 is 1.43 bits per heavy atom. The van der Waals surface area contributed by atoms with E-state index in [1.807, 2.05) is 0 Å². The maximum atomic E-state index is 12.4. The summed E-state index contributed by atoms with van der Waals surface area (Å²) < 4.78 is 42.1. The molecule has 14 N–H and O–H groups in total. The number of carbonyl (C=O) groups is 1. The molecule has 4 heterocycles. The van der Waals surface area contributed by atoms with Crippen molar-refractivity contribution in [2.45, 2.75) is 244 Å². The number of nitrogens with two attached hydrogens (primary N) is 5. The van der Waals surface area contributed by atoms with Crippen LogP contribution in [-0.2, 0) is 9.53 Å². The fourth-order valence-electron chi connectivity index (χ4n) is 10.6. The Morgan fingerprint density at radius 2 is 1.06 bits per heavy atom. The van der Waals surface area contributed by atoms with E-state index in [1.165, 1.54) is 96.8 Å². The van der Waals surface area contributed by atoms with Gasteiger partial charge in [0.1, 0.15) is 6.17 Å². The molecule has 0 unspecified atom stereocenters. The van der Waals surface area contributed by atoms with Crippen LogP contribution < -0.4 is 44.6 Å². The Hall–Kier alpha value is -1.10. The molecule has 0 aromatic heterocycles. The highest BCUT2D eigenvalue weighted by Gasteiger charge is 2.34. The lowest BCUT2D eigenvalue weighted by molar-refractivity contribution is -0.153. The van der Waals surface area contributed by atoms with Gasteiger partial charge in [-0.1, -0.05) is 60.3 Å². The number of cyclic esters (lactones) is 1. The molecule has 0 spiro atoms. The van der Waals surface area contributed by atoms with Crippen molar-refractivity contribution < 1.29 is 27.8 Å². The van der Waals surface area contributed by atoms with Crippen LogP contribution >= 0.6 is 0 Å². The molecule has 0 aromatic carbocycles. The standard InChI is InChI=1S/C8H13NO2.3C7H15N.C6H11F2N.C6H12FN.C6H13NO.C6H13N/c10-8-3-7-4-9-2-1-6(7)5-11-8;1-6-3-4-8-5-7(6)2;2*1-6-3-2-4-7(8)5-6;7-6(8)3-1-2-5(9)4-6;2*7-5-2-1-3-6(8)4-5;1-6-3-2-4-7-5-6/h6-7,9H,1-5H2;6-8H,3-5H2,1-2H3;2*6-7H,2-5,8H2,1H3;5H,1-4,9H2;5-6H,1-4,8H2;5-6,8H,1-4,7H2;6-7H,2-5H2,1H3/t3*6-,7+;6-,7-;5-;5-,6-;5-,6+;6-/m01100001/s1. The minimum absolute atomic E-state index is 0.0186. The monoisotopic (exact) mass is 961 g/mol. The number of alkyl halides is 3. The number of fused-ring (bicyclic) bond motifs is 1. The van der Waals surface area contributed by atoms with Crippen LogP contribution in [0.15, 0.2) is 0 Å². The lowest BCUT2D eigenvalue weighted by Crippen LogP contribution is -2.43. The van der Waals surface area contributed by atoms with Gasteiger partial charge in [0, 0.05) is 49.5 Å². The highest BCUT2D eigenvalue weighted by Crippen LogP contribution is 2.32. The number of ether oxygens (including phenoxy) is 1. The van der Waals surface area contributed by atoms with Crippen LogP contribution in [0, 0.1) is 41.4 Å². The molecule has 0 amide bonds. The maximum Gasteiger partial charge on any atom is 0.306 e. The first kappa shape index (κ1) is 62.0. The summed E-state index contributed by atoms with van der Waals surface area (Å²) in [6, 6.07) is 1.16. The molecule has 0 aromatic rings. The van der Waals surface area contributed by atoms with Gasteiger partial charge in [0.2, 0.25) is 5.92 Å². The summed E-state index contributed by atoms with van der Waals surface area (Å²) in [5, 5.41) is 19.0. The molecular weight excluding hydrogens is 854 g/mol. The van der Waals surface area contributed by atoms with E-state index in [1.54, 1.807) is 0 Å². The number of hydrogen-bond donors (Lipinski definition) is 9. The Morgan fingerprint density at radius 1 is 0.537 bits per heavy atom. The number of rotatable bonds is 0. The number of nitrogens with one attached hydrogen (secondary N) is 3. The molecule has 4 aliphatic heterocycles. The fourth-order valence-corrected chi connectivity index (χ4v) is 10.6. The maximum absolute atomic E-state index is 12.4. The van der Waals surface area contributed by atoms with Crippen molar-refractivity contribution in [3.63, 3.8) is 0 Å². The van der Waals surface area contributed by atoms with Crippen molar-refractivity contribution in [1.82, 2.24) is 16.0 Å². The summed E-state index contributed by atoms with van der Waals surface area (Å²) in [5.74, 6) is 3.22. The van der Waals surface area contributed by atoms with Crippen LogP contribution in [0.5, 0.6) is 0 Å². The third-order valence-corrected chi connectivity index (χ3v) is 15.4. The van der Waals surface area contributed by atoms with Crippen LogP contribution in [-0.4, -0.2) is 105 Å². The molecule has 398 valence electrons. The summed E-state index contributed by atoms with van der Waals surface area (Å²) in [6.45, 7) is 19.2. The largest absolute Gasteiger partial charge is 0.465 e. The second-order valence-corrected chi connectivity index (χ2v) is 22.7. The highest BCUT2D eigenvalue weighted by molar-refractivity contribution is 5.70. The van der Waals surface area contributed by atoms with Gasteiger partial charge < -0.3 is 54.5 Å². The lowest BCUT2D eigenvalue weighted by Gasteiger charge is -2.34. The van der Waals surface area contributed by atoms with Gasteiger partial charge in [0.25, 0.3) is 0 Å². The number of carbonyl (C=O) groups excluding carboxylic acids is 1. The SMILES string of the molecule is C[C@@H]1CCCNC1.C[C@@H]1CCC[C@H](N)C1.C[C@@H]1CCNC[C@@H]1C.C[C@H]1CCC[C@H](N)C1.N[C@H]1CCCC(F)(F)C1.N[C@H]1CCC[C@@H](O)C1.N[C@H]1CCC[C@H](F)C1.O=C1C[C@@H]2CNCC[C@H]2CO1. The molecule has 0 bridgehead atoms. The normalized spacial score (nSPS) is 38.0. The predicted octanol–water partition coefficient (Wildman–Crippen LogP) is 8.46. The molecule has 14 atom stereocenters. The van der Waals surface area contributed by atoms with E-state index >= 15 is 0 Å². The molecule has 14 heteroatoms. The third-order valence-electron chi connectivity index (χ3n) is 15.4. The van der Waals surface area contributed by atoms with Crippen molar-refractivity contribution in [2.24, 2.45) is 70.1 Å². The van der Waals surface area contributed by atoms with Gasteiger partial charge in [-0.3, -0.25) is 4.79 Å². The Kier molecular flexibility index (Phi) is 33.2. The van der Waals surface area contributed by atoms with E-state index in [4.69, 9.17) is 38.5 Å². The van der Waals surface area contributed by atoms with E-state index in [2.05, 4.69) is 50.6 Å². The number of aliphatic hydroxyl groups is 1. The van der Waals surface area contributed by atoms with Crippen LogP contribution in [0.3, 0.4) is 0 Å². The molecule has 9 aliphatic rings. The number of halogens is 3. The van der Waals surface area contributed by atoms with E-state index in [9.17, 15) is 18.0 Å². The Labute approximate surface area is 408 Å². The summed E-state index contributed by atoms with van der Waals surface area (Å²) >= 11 is 0. The van der Waals surface area contributed by atoms with Crippen molar-refractivity contribution in [3.8, 4) is 0 Å². The van der Waals surface area contributed by atoms with E-state index in [0.29, 0.717) is 49.8 Å². The molecule has 67 heavy (non-hydrogen) atoms. The Bertz CT molecular complexity index is 1100. The predicted molar refractivity (Wildman–Crippen MR) is 274 cm³/mol. The average Bonchev–Trinajstić information content (AvgIpc) is 3.26. The highest BCUT2D eigenvalue weighted by atomic mass is 19.3. The first-order valence-corrected chi connectivity index (χ1v) is 27.6. The molecule has 9 rings (SSSR count). The van der Waals surface area contributed by atoms with E-state index in [-0.39, 0.29) is 43.0 Å². The smallest absolute Gasteiger partial charge is 0.306 e. The first-order valence-electron chi connectivity index (χ1n) is 27.6. The van der Waals surface area contributed by atoms with Gasteiger partial charge in [-0.15, -0.1) is 0 Å². The quantitative estimate of drug-likeness (QED) is 0.105. The summed E-state index contributed by atoms with van der Waals surface area (Å²) in [4.78, 5) is 10.9. The zero-order valence-corrected chi connectivity index (χ0v) is 43.5.